The second-order valence-corrected chi connectivity index (χ2v) is 1.34. The monoisotopic (exact) mass is 214 g/mol. The normalized spacial score (nSPS) is 5.27. The van der Waals surface area contributed by atoms with Gasteiger partial charge in [0.2, 0.25) is 0 Å². The molecule has 0 saturated carbocycles. The van der Waals surface area contributed by atoms with Crippen molar-refractivity contribution in [1.29, 1.82) is 0 Å². The molecule has 12 N–H and O–H groups in total. The van der Waals surface area contributed by atoms with E-state index < -0.39 is 10.4 Å². The molecule has 9 nitrogen and oxygen atoms in total. The Morgan fingerprint density at radius 3 is 0.818 bits per heavy atom. The average Bonchev–Trinajstić information content (AvgIpc) is 0.722. The second kappa shape index (κ2) is 22.4. The Balaban J connectivity index is -0.00000000286. The predicted octanol–water partition coefficient (Wildman–Crippen LogP) is -4.93. The van der Waals surface area contributed by atoms with Gasteiger partial charge < -0.3 is 30.2 Å². The van der Waals surface area contributed by atoms with Crippen LogP contribution in [0.3, 0.4) is 0 Å². The van der Waals surface area contributed by atoms with Crippen molar-refractivity contribution in [3.05, 3.63) is 0 Å². The predicted molar refractivity (Wildman–Crippen MR) is 40.2 cm³/mol. The molecule has 0 amide bonds. The van der Waals surface area contributed by atoms with E-state index in [4.69, 9.17) is 17.5 Å². The van der Waals surface area contributed by atoms with Gasteiger partial charge in [-0.15, -0.1) is 0 Å². The van der Waals surface area contributed by atoms with E-state index in [9.17, 15) is 0 Å². The van der Waals surface area contributed by atoms with Crippen LogP contribution in [0.15, 0.2) is 0 Å². The van der Waals surface area contributed by atoms with Gasteiger partial charge in [0.05, 0.1) is 0 Å². The molecule has 0 rings (SSSR count). The molecule has 0 saturated heterocycles. The van der Waals surface area contributed by atoms with E-state index in [1.165, 1.54) is 0 Å². The topological polar surface area (TPSA) is 232 Å². The molecule has 0 aromatic heterocycles. The summed E-state index contributed by atoms with van der Waals surface area (Å²) in [6, 6.07) is 0. The molecule has 0 aliphatic heterocycles. The molecular weight excluding hydrogens is 200 g/mol. The minimum atomic E-state index is -4.67. The van der Waals surface area contributed by atoms with Gasteiger partial charge in [-0.3, -0.25) is 9.11 Å². The van der Waals surface area contributed by atoms with E-state index >= 15 is 0 Å². The van der Waals surface area contributed by atoms with Crippen LogP contribution in [0.25, 0.3) is 0 Å². The van der Waals surface area contributed by atoms with Gasteiger partial charge in [-0.25, -0.2) is 0 Å². The van der Waals surface area contributed by atoms with Gasteiger partial charge in [0.25, 0.3) is 0 Å². The Bertz CT molecular complexity index is 101. The van der Waals surface area contributed by atoms with Crippen molar-refractivity contribution >= 4 is 33.5 Å². The van der Waals surface area contributed by atoms with Gasteiger partial charge >= 0.3 is 33.5 Å². The summed E-state index contributed by atoms with van der Waals surface area (Å²) in [5.74, 6) is 0. The first-order valence-corrected chi connectivity index (χ1v) is 2.10. The van der Waals surface area contributed by atoms with Gasteiger partial charge in [-0.05, 0) is 0 Å². The van der Waals surface area contributed by atoms with Crippen LogP contribution in [-0.4, -0.2) is 68.0 Å². The fourth-order valence-electron chi connectivity index (χ4n) is 0. The van der Waals surface area contributed by atoms with Crippen molar-refractivity contribution in [2.75, 3.05) is 0 Å². The van der Waals surface area contributed by atoms with Crippen molar-refractivity contribution in [2.24, 2.45) is 0 Å². The summed E-state index contributed by atoms with van der Waals surface area (Å²) in [7, 11) is -4.67. The van der Waals surface area contributed by atoms with E-state index in [2.05, 4.69) is 0 Å². The average molecular weight is 214 g/mol. The van der Waals surface area contributed by atoms with Gasteiger partial charge in [-0.2, -0.15) is 8.42 Å². The fraction of sp³-hybridized carbons (Fsp3) is 0. The SMILES string of the molecule is O.O.O.O.O.O=S(=O)(O)O.[H-].[H-].[Mg+2]. The number of rotatable bonds is 0. The van der Waals surface area contributed by atoms with Gasteiger partial charge in [0, 0.05) is 0 Å². The smallest absolute Gasteiger partial charge is 1.00 e. The van der Waals surface area contributed by atoms with Gasteiger partial charge in [0.1, 0.15) is 0 Å². The molecular formula is H14MgO9S. The van der Waals surface area contributed by atoms with Crippen LogP contribution in [0, 0.1) is 0 Å². The molecule has 0 bridgehead atoms. The summed E-state index contributed by atoms with van der Waals surface area (Å²) >= 11 is 0. The first-order valence-electron chi connectivity index (χ1n) is 0.698. The van der Waals surface area contributed by atoms with E-state index in [1.54, 1.807) is 0 Å². The summed E-state index contributed by atoms with van der Waals surface area (Å²) in [5.41, 5.74) is 0. The second-order valence-electron chi connectivity index (χ2n) is 0.448. The fourth-order valence-corrected chi connectivity index (χ4v) is 0. The quantitative estimate of drug-likeness (QED) is 0.297. The summed E-state index contributed by atoms with van der Waals surface area (Å²) in [6.07, 6.45) is 0. The van der Waals surface area contributed by atoms with Crippen LogP contribution in [0.2, 0.25) is 0 Å². The Hall–Kier alpha value is 0.436. The summed E-state index contributed by atoms with van der Waals surface area (Å²) < 4.78 is 31.6. The van der Waals surface area contributed by atoms with E-state index in [-0.39, 0.29) is 53.3 Å². The van der Waals surface area contributed by atoms with Crippen LogP contribution in [0.5, 0.6) is 0 Å². The third kappa shape index (κ3) is 3900. The summed E-state index contributed by atoms with van der Waals surface area (Å²) in [6.45, 7) is 0. The molecule has 0 aromatic rings. The standard InChI is InChI=1S/Mg.H2O4S.5H2O.2H/c;1-5(2,3)4;;;;;;;/h;(H2,1,2,3,4);5*1H2;;/q+2;;;;;;;2*-1. The molecule has 0 fully saturated rings. The Morgan fingerprint density at radius 2 is 0.818 bits per heavy atom. The first-order chi connectivity index (χ1) is 2.00. The zero-order valence-electron chi connectivity index (χ0n) is 7.33. The molecule has 76 valence electrons. The maximum Gasteiger partial charge on any atom is 2.00 e. The van der Waals surface area contributed by atoms with Gasteiger partial charge in [-0.1, -0.05) is 0 Å². The molecule has 11 heavy (non-hydrogen) atoms. The molecule has 0 atom stereocenters. The Labute approximate surface area is 81.6 Å². The van der Waals surface area contributed by atoms with Crippen molar-refractivity contribution in [3.8, 4) is 0 Å². The molecule has 0 aliphatic carbocycles. The summed E-state index contributed by atoms with van der Waals surface area (Å²) in [5, 5.41) is 0. The van der Waals surface area contributed by atoms with Crippen molar-refractivity contribution < 1.29 is 47.8 Å². The molecule has 0 heterocycles. The van der Waals surface area contributed by atoms with E-state index in [1.807, 2.05) is 0 Å². The largest absolute Gasteiger partial charge is 2.00 e. The molecule has 0 spiro atoms. The first kappa shape index (κ1) is 63.3. The van der Waals surface area contributed by atoms with Crippen molar-refractivity contribution in [2.45, 2.75) is 0 Å². The molecule has 0 aromatic carbocycles. The maximum absolute atomic E-state index is 8.74. The molecule has 0 unspecified atom stereocenters. The van der Waals surface area contributed by atoms with Crippen LogP contribution in [0.4, 0.5) is 0 Å². The Morgan fingerprint density at radius 1 is 0.818 bits per heavy atom. The minimum absolute atomic E-state index is 0. The zero-order valence-corrected chi connectivity index (χ0v) is 7.56. The van der Waals surface area contributed by atoms with Gasteiger partial charge in [0.15, 0.2) is 0 Å². The van der Waals surface area contributed by atoms with Crippen LogP contribution in [-0.2, 0) is 10.4 Å². The van der Waals surface area contributed by atoms with E-state index in [0.29, 0.717) is 0 Å². The zero-order chi connectivity index (χ0) is 4.50. The molecule has 0 aliphatic rings. The van der Waals surface area contributed by atoms with E-state index in [0.717, 1.165) is 0 Å². The van der Waals surface area contributed by atoms with Crippen molar-refractivity contribution in [1.82, 2.24) is 0 Å². The van der Waals surface area contributed by atoms with Crippen LogP contribution < -0.4 is 0 Å². The van der Waals surface area contributed by atoms with Crippen molar-refractivity contribution in [3.63, 3.8) is 0 Å². The third-order valence-electron chi connectivity index (χ3n) is 0. The maximum atomic E-state index is 8.74. The molecule has 0 radical (unpaired) electrons. The van der Waals surface area contributed by atoms with Crippen LogP contribution >= 0.6 is 0 Å². The third-order valence-corrected chi connectivity index (χ3v) is 0. The number of hydrogen-bond acceptors (Lipinski definition) is 2. The minimum Gasteiger partial charge on any atom is -1.00 e. The van der Waals surface area contributed by atoms with Crippen LogP contribution in [0.1, 0.15) is 2.85 Å². The Kier molecular flexibility index (Phi) is 129. The summed E-state index contributed by atoms with van der Waals surface area (Å²) in [4.78, 5) is 0. The number of hydrogen-bond donors (Lipinski definition) is 2. The molecule has 11 heteroatoms.